The van der Waals surface area contributed by atoms with Crippen LogP contribution in [0.2, 0.25) is 0 Å². The van der Waals surface area contributed by atoms with Gasteiger partial charge in [-0.3, -0.25) is 14.9 Å². The van der Waals surface area contributed by atoms with Crippen molar-refractivity contribution in [2.45, 2.75) is 24.0 Å². The normalized spacial score (nSPS) is 11.7. The Morgan fingerprint density at radius 3 is 2.44 bits per heavy atom. The molecule has 0 aliphatic carbocycles. The second kappa shape index (κ2) is 4.05. The molecular weight excluding hydrogens is 236 g/mol. The lowest BCUT2D eigenvalue weighted by molar-refractivity contribution is -0.385. The third kappa shape index (κ3) is 2.11. The van der Waals surface area contributed by atoms with E-state index in [0.717, 1.165) is 12.3 Å². The van der Waals surface area contributed by atoms with Gasteiger partial charge in [0.05, 0.1) is 16.4 Å². The van der Waals surface area contributed by atoms with Gasteiger partial charge in [-0.1, -0.05) is 0 Å². The summed E-state index contributed by atoms with van der Waals surface area (Å²) in [5.41, 5.74) is -1.31. The lowest BCUT2D eigenvalue weighted by Crippen LogP contribution is -2.23. The maximum atomic E-state index is 11.7. The van der Waals surface area contributed by atoms with E-state index in [1.54, 1.807) is 0 Å². The Balaban J connectivity index is 3.51. The summed E-state index contributed by atoms with van der Waals surface area (Å²) >= 11 is 0. The number of nitrogens with zero attached hydrogens (tertiary/aromatic N) is 1. The topological polar surface area (TPSA) is 110 Å². The SMILES string of the molecule is CC(C)S(=O)(=O)c1cc([N+](=O)[O-])c[nH]c1=O. The maximum absolute atomic E-state index is 11.7. The summed E-state index contributed by atoms with van der Waals surface area (Å²) in [7, 11) is -3.81. The Kier molecular flexibility index (Phi) is 3.13. The highest BCUT2D eigenvalue weighted by Crippen LogP contribution is 2.16. The van der Waals surface area contributed by atoms with E-state index in [0.29, 0.717) is 0 Å². The van der Waals surface area contributed by atoms with E-state index >= 15 is 0 Å². The number of H-pyrrole nitrogens is 1. The zero-order chi connectivity index (χ0) is 12.5. The van der Waals surface area contributed by atoms with Crippen LogP contribution in [0.1, 0.15) is 13.8 Å². The van der Waals surface area contributed by atoms with E-state index in [1.807, 2.05) is 4.98 Å². The Morgan fingerprint density at radius 1 is 1.44 bits per heavy atom. The monoisotopic (exact) mass is 246 g/mol. The first kappa shape index (κ1) is 12.4. The molecule has 1 heterocycles. The highest BCUT2D eigenvalue weighted by Gasteiger charge is 2.25. The van der Waals surface area contributed by atoms with Crippen LogP contribution in [0.5, 0.6) is 0 Å². The van der Waals surface area contributed by atoms with Crippen LogP contribution in [0.3, 0.4) is 0 Å². The van der Waals surface area contributed by atoms with E-state index in [4.69, 9.17) is 0 Å². The summed E-state index contributed by atoms with van der Waals surface area (Å²) in [6, 6.07) is 0.772. The average molecular weight is 246 g/mol. The minimum Gasteiger partial charge on any atom is -0.322 e. The van der Waals surface area contributed by atoms with Gasteiger partial charge in [0.25, 0.3) is 11.2 Å². The number of aromatic nitrogens is 1. The number of pyridine rings is 1. The first-order valence-corrected chi connectivity index (χ1v) is 5.92. The number of hydrogen-bond donors (Lipinski definition) is 1. The maximum Gasteiger partial charge on any atom is 0.286 e. The molecule has 0 aliphatic rings. The van der Waals surface area contributed by atoms with Crippen LogP contribution in [0.15, 0.2) is 22.0 Å². The molecule has 1 N–H and O–H groups in total. The predicted octanol–water partition coefficient (Wildman–Crippen LogP) is 0.465. The predicted molar refractivity (Wildman–Crippen MR) is 56.0 cm³/mol. The summed E-state index contributed by atoms with van der Waals surface area (Å²) < 4.78 is 23.4. The molecule has 0 atom stereocenters. The molecule has 1 aromatic heterocycles. The molecule has 16 heavy (non-hydrogen) atoms. The van der Waals surface area contributed by atoms with Gasteiger partial charge in [-0.05, 0) is 13.8 Å². The Hall–Kier alpha value is -1.70. The second-order valence-electron chi connectivity index (χ2n) is 3.40. The zero-order valence-electron chi connectivity index (χ0n) is 8.63. The molecule has 7 nitrogen and oxygen atoms in total. The van der Waals surface area contributed by atoms with Crippen LogP contribution >= 0.6 is 0 Å². The van der Waals surface area contributed by atoms with Gasteiger partial charge >= 0.3 is 0 Å². The fourth-order valence-electron chi connectivity index (χ4n) is 1.02. The molecule has 0 bridgehead atoms. The molecule has 0 fully saturated rings. The van der Waals surface area contributed by atoms with Gasteiger partial charge in [-0.25, -0.2) is 8.42 Å². The van der Waals surface area contributed by atoms with E-state index in [1.165, 1.54) is 13.8 Å². The molecular formula is C8H10N2O5S. The first-order chi connectivity index (χ1) is 7.26. The Morgan fingerprint density at radius 2 is 2.00 bits per heavy atom. The Labute approximate surface area is 91.2 Å². The van der Waals surface area contributed by atoms with E-state index in [9.17, 15) is 23.3 Å². The molecule has 0 saturated carbocycles. The second-order valence-corrected chi connectivity index (χ2v) is 5.87. The fourth-order valence-corrected chi connectivity index (χ4v) is 2.13. The third-order valence-electron chi connectivity index (χ3n) is 1.99. The van der Waals surface area contributed by atoms with Gasteiger partial charge in [-0.2, -0.15) is 0 Å². The van der Waals surface area contributed by atoms with Gasteiger partial charge in [0.15, 0.2) is 9.84 Å². The summed E-state index contributed by atoms with van der Waals surface area (Å²) in [5.74, 6) is 0. The summed E-state index contributed by atoms with van der Waals surface area (Å²) in [6.45, 7) is 2.79. The standard InChI is InChI=1S/C8H10N2O5S/c1-5(2)16(14,15)7-3-6(10(12)13)4-9-8(7)11/h3-5H,1-2H3,(H,9,11). The van der Waals surface area contributed by atoms with Crippen molar-refractivity contribution < 1.29 is 13.3 Å². The molecule has 0 amide bonds. The molecule has 0 saturated heterocycles. The van der Waals surface area contributed by atoms with Crippen molar-refractivity contribution in [1.82, 2.24) is 4.98 Å². The molecule has 1 rings (SSSR count). The number of rotatable bonds is 3. The van der Waals surface area contributed by atoms with Crippen LogP contribution in [-0.2, 0) is 9.84 Å². The molecule has 0 radical (unpaired) electrons. The van der Waals surface area contributed by atoms with Crippen molar-refractivity contribution >= 4 is 15.5 Å². The molecule has 0 spiro atoms. The van der Waals surface area contributed by atoms with Crippen LogP contribution in [0, 0.1) is 10.1 Å². The van der Waals surface area contributed by atoms with Crippen LogP contribution < -0.4 is 5.56 Å². The lowest BCUT2D eigenvalue weighted by Gasteiger charge is -2.05. The third-order valence-corrected chi connectivity index (χ3v) is 4.15. The van der Waals surface area contributed by atoms with Crippen molar-refractivity contribution in [2.75, 3.05) is 0 Å². The van der Waals surface area contributed by atoms with Crippen LogP contribution in [-0.4, -0.2) is 23.6 Å². The number of nitrogens with one attached hydrogen (secondary N) is 1. The first-order valence-electron chi connectivity index (χ1n) is 4.38. The molecule has 1 aromatic rings. The smallest absolute Gasteiger partial charge is 0.286 e. The quantitative estimate of drug-likeness (QED) is 0.615. The number of nitro groups is 1. The number of sulfone groups is 1. The largest absolute Gasteiger partial charge is 0.322 e. The van der Waals surface area contributed by atoms with Gasteiger partial charge < -0.3 is 4.98 Å². The van der Waals surface area contributed by atoms with Crippen molar-refractivity contribution in [3.05, 3.63) is 32.7 Å². The highest BCUT2D eigenvalue weighted by molar-refractivity contribution is 7.92. The van der Waals surface area contributed by atoms with Gasteiger partial charge in [0.1, 0.15) is 4.90 Å². The molecule has 88 valence electrons. The lowest BCUT2D eigenvalue weighted by atomic mass is 10.4. The number of aromatic amines is 1. The Bertz CT molecular complexity index is 572. The van der Waals surface area contributed by atoms with E-state index < -0.39 is 36.2 Å². The average Bonchev–Trinajstić information content (AvgIpc) is 2.17. The van der Waals surface area contributed by atoms with Crippen molar-refractivity contribution in [3.63, 3.8) is 0 Å². The summed E-state index contributed by atoms with van der Waals surface area (Å²) in [4.78, 5) is 22.4. The van der Waals surface area contributed by atoms with Crippen molar-refractivity contribution in [2.24, 2.45) is 0 Å². The van der Waals surface area contributed by atoms with Gasteiger partial charge in [0.2, 0.25) is 0 Å². The zero-order valence-corrected chi connectivity index (χ0v) is 9.45. The number of hydrogen-bond acceptors (Lipinski definition) is 5. The minimum atomic E-state index is -3.81. The minimum absolute atomic E-state index is 0.459. The summed E-state index contributed by atoms with van der Waals surface area (Å²) in [6.07, 6.45) is 0.863. The van der Waals surface area contributed by atoms with E-state index in [2.05, 4.69) is 0 Å². The molecule has 0 unspecified atom stereocenters. The van der Waals surface area contributed by atoms with E-state index in [-0.39, 0.29) is 0 Å². The highest BCUT2D eigenvalue weighted by atomic mass is 32.2. The molecule has 0 aromatic carbocycles. The van der Waals surface area contributed by atoms with Crippen molar-refractivity contribution in [3.8, 4) is 0 Å². The molecule has 0 aliphatic heterocycles. The fraction of sp³-hybridized carbons (Fsp3) is 0.375. The van der Waals surface area contributed by atoms with Crippen LogP contribution in [0.25, 0.3) is 0 Å². The van der Waals surface area contributed by atoms with Crippen molar-refractivity contribution in [1.29, 1.82) is 0 Å². The van der Waals surface area contributed by atoms with Gasteiger partial charge in [0, 0.05) is 6.07 Å². The van der Waals surface area contributed by atoms with Crippen LogP contribution in [0.4, 0.5) is 5.69 Å². The molecule has 8 heteroatoms. The summed E-state index contributed by atoms with van der Waals surface area (Å²) in [5, 5.41) is 9.64. The van der Waals surface area contributed by atoms with Gasteiger partial charge in [-0.15, -0.1) is 0 Å².